The zero-order valence-corrected chi connectivity index (χ0v) is 78.4. The smallest absolute Gasteiger partial charge is 0.496 e. The van der Waals surface area contributed by atoms with Gasteiger partial charge in [0, 0.05) is 98.0 Å². The van der Waals surface area contributed by atoms with Gasteiger partial charge in [-0.3, -0.25) is 29.4 Å². The standard InChI is InChI=1S/C28H37F3N4O5.C22H30BN3O5.C16H18BrN3O3.C16H19N3O4.C9H7BrN2O2/c1-17(2)39-26(36)18-8-7-11-20(14-18)40-24-13-12-22(33-25(24)28(29,30)31)21-15-32-35(4)23(21)16-38-27(37)34(3)19-9-5-6-10-19;1-21(2)22(3,4)31-23(30-21)15-10-11-17(24-12-15)19-18(29-14-25-19)13-28-20(27)26(5)16-8-6-7-9-16;1-20(12-4-2-3-5-12)16(21)22-9-14-15(19-10-23-14)13-7-6-11(17)8-18-13;1-19(11-4-2-3-5-11)16(21)22-9-14-15(18-10-23-14)13-7-6-12(20)8-17-13;10-6-1-2-7(11-3-6)9-8(4-13)14-5-12-9/h12-13,15,17-20H,5-11,14,16H2,1-4H3;10-12,14,16H,6-9,13H2,1-5H3;6-8,10,12H,2-5,9H2,1H3;6-8,10-11,20H,2-5,9H2,1H3;1-3,5,13H,4H2/t18-,20-;;;;/m0..../s1. The number of nitrogens with zero attached hydrogens (tertiary/aromatic N) is 15. The van der Waals surface area contributed by atoms with Gasteiger partial charge in [-0.25, -0.2) is 44.1 Å². The number of aromatic hydroxyl groups is 1. The molecule has 2 atom stereocenters. The first-order chi connectivity index (χ1) is 62.7. The Morgan fingerprint density at radius 2 is 0.893 bits per heavy atom. The second-order valence-electron chi connectivity index (χ2n) is 34.0. The predicted octanol–water partition coefficient (Wildman–Crippen LogP) is 18.4. The van der Waals surface area contributed by atoms with E-state index in [9.17, 15) is 42.3 Å². The van der Waals surface area contributed by atoms with E-state index in [4.69, 9.17) is 60.5 Å². The van der Waals surface area contributed by atoms with E-state index < -0.39 is 54.1 Å². The van der Waals surface area contributed by atoms with Crippen LogP contribution in [0.4, 0.5) is 32.3 Å². The molecule has 4 amide bonds. The molecule has 0 unspecified atom stereocenters. The molecule has 40 heteroatoms. The lowest BCUT2D eigenvalue weighted by Crippen LogP contribution is -2.41. The summed E-state index contributed by atoms with van der Waals surface area (Å²) >= 11 is 6.63. The van der Waals surface area contributed by atoms with Crippen LogP contribution in [0.5, 0.6) is 11.5 Å². The van der Waals surface area contributed by atoms with Gasteiger partial charge in [-0.1, -0.05) is 57.4 Å². The van der Waals surface area contributed by atoms with E-state index in [0.717, 1.165) is 104 Å². The molecule has 5 aliphatic carbocycles. The number of carbonyl (C=O) groups excluding carboxylic acids is 5. The van der Waals surface area contributed by atoms with Crippen LogP contribution < -0.4 is 10.2 Å². The number of oxazole rings is 4. The van der Waals surface area contributed by atoms with Gasteiger partial charge in [0.05, 0.1) is 75.9 Å². The topological polar surface area (TPSA) is 399 Å². The summed E-state index contributed by atoms with van der Waals surface area (Å²) in [6.45, 7) is 11.3. The second-order valence-corrected chi connectivity index (χ2v) is 35.8. The van der Waals surface area contributed by atoms with Crippen molar-refractivity contribution in [2.24, 2.45) is 13.0 Å². The molecule has 6 aliphatic rings. The molecular weight excluding hydrogens is 1830 g/mol. The van der Waals surface area contributed by atoms with Crippen LogP contribution >= 0.6 is 31.9 Å². The fourth-order valence-corrected chi connectivity index (χ4v) is 16.4. The number of hydrogen-bond donors (Lipinski definition) is 2. The minimum absolute atomic E-state index is 0.00584. The zero-order valence-electron chi connectivity index (χ0n) is 75.2. The van der Waals surface area contributed by atoms with E-state index in [2.05, 4.69) is 81.8 Å². The molecule has 1 saturated heterocycles. The van der Waals surface area contributed by atoms with Crippen molar-refractivity contribution < 1.29 is 103 Å². The van der Waals surface area contributed by atoms with Gasteiger partial charge < -0.3 is 85.2 Å². The summed E-state index contributed by atoms with van der Waals surface area (Å²) in [5.74, 6) is 0.717. The molecule has 0 bridgehead atoms. The van der Waals surface area contributed by atoms with Crippen LogP contribution in [0.15, 0.2) is 144 Å². The Hall–Kier alpha value is -11.4. The van der Waals surface area contributed by atoms with Gasteiger partial charge in [-0.2, -0.15) is 18.3 Å². The molecule has 0 aromatic carbocycles. The number of aliphatic hydroxyl groups excluding tert-OH is 1. The van der Waals surface area contributed by atoms with E-state index >= 15 is 0 Å². The average Bonchev–Trinajstić information content (AvgIpc) is 1.04. The first-order valence-electron chi connectivity index (χ1n) is 43.8. The second kappa shape index (κ2) is 45.7. The highest BCUT2D eigenvalue weighted by Gasteiger charge is 2.52. The lowest BCUT2D eigenvalue weighted by atomic mass is 9.80. The molecule has 702 valence electrons. The van der Waals surface area contributed by atoms with Crippen molar-refractivity contribution in [1.29, 1.82) is 0 Å². The molecule has 6 fully saturated rings. The number of carbonyl (C=O) groups is 5. The number of pyridine rings is 5. The average molecular weight is 1950 g/mol. The number of alkyl halides is 3. The third-order valence-corrected chi connectivity index (χ3v) is 25.2. The maximum Gasteiger partial charge on any atom is 0.496 e. The van der Waals surface area contributed by atoms with Crippen LogP contribution in [-0.4, -0.2) is 198 Å². The molecule has 34 nitrogen and oxygen atoms in total. The van der Waals surface area contributed by atoms with Gasteiger partial charge in [0.15, 0.2) is 79.9 Å². The summed E-state index contributed by atoms with van der Waals surface area (Å²) in [5.41, 5.74) is 4.39. The fourth-order valence-electron chi connectivity index (χ4n) is 16.0. The molecule has 10 aromatic rings. The Morgan fingerprint density at radius 3 is 1.27 bits per heavy atom. The van der Waals surface area contributed by atoms with Crippen LogP contribution in [0.1, 0.15) is 204 Å². The number of aliphatic hydroxyl groups is 1. The van der Waals surface area contributed by atoms with Crippen molar-refractivity contribution in [3.63, 3.8) is 0 Å². The summed E-state index contributed by atoms with van der Waals surface area (Å²) in [7, 11) is 8.18. The Balaban J connectivity index is 0.000000153. The van der Waals surface area contributed by atoms with Crippen molar-refractivity contribution in [3.05, 3.63) is 161 Å². The van der Waals surface area contributed by atoms with Crippen LogP contribution in [0.3, 0.4) is 0 Å². The summed E-state index contributed by atoms with van der Waals surface area (Å²) in [5, 5.41) is 22.4. The first kappa shape index (κ1) is 98.7. The first-order valence-corrected chi connectivity index (χ1v) is 45.4. The summed E-state index contributed by atoms with van der Waals surface area (Å²) in [4.78, 5) is 106. The quantitative estimate of drug-likeness (QED) is 0.0341. The summed E-state index contributed by atoms with van der Waals surface area (Å²) in [6, 6.07) is 17.9. The van der Waals surface area contributed by atoms with Crippen molar-refractivity contribution in [3.8, 4) is 68.3 Å². The molecular formula is C91H111BBr2F3N15O19. The molecule has 11 heterocycles. The molecule has 0 spiro atoms. The van der Waals surface area contributed by atoms with E-state index in [1.165, 1.54) is 73.7 Å². The molecule has 10 aromatic heterocycles. The maximum absolute atomic E-state index is 14.1. The number of halogens is 5. The summed E-state index contributed by atoms with van der Waals surface area (Å²) in [6.07, 6.45) is 25.1. The monoisotopic (exact) mass is 1940 g/mol. The van der Waals surface area contributed by atoms with Gasteiger partial charge in [0.2, 0.25) is 0 Å². The predicted molar refractivity (Wildman–Crippen MR) is 477 cm³/mol. The van der Waals surface area contributed by atoms with E-state index in [0.29, 0.717) is 99.1 Å². The fraction of sp³-hybridized carbons (Fsp3) is 0.505. The molecule has 0 radical (unpaired) electrons. The minimum atomic E-state index is -4.78. The van der Waals surface area contributed by atoms with E-state index in [1.54, 1.807) is 99.4 Å². The molecule has 2 N–H and O–H groups in total. The van der Waals surface area contributed by atoms with E-state index in [1.807, 2.05) is 58.0 Å². The lowest BCUT2D eigenvalue weighted by molar-refractivity contribution is -0.155. The number of ether oxygens (including phenoxy) is 6. The van der Waals surface area contributed by atoms with E-state index in [-0.39, 0.29) is 105 Å². The van der Waals surface area contributed by atoms with Crippen LogP contribution in [0.25, 0.3) is 56.8 Å². The van der Waals surface area contributed by atoms with Gasteiger partial charge >= 0.3 is 43.6 Å². The highest BCUT2D eigenvalue weighted by molar-refractivity contribution is 9.10. The number of rotatable bonds is 23. The van der Waals surface area contributed by atoms with Crippen molar-refractivity contribution in [1.82, 2.24) is 74.2 Å². The third kappa shape index (κ3) is 26.3. The number of aromatic nitrogens is 11. The van der Waals surface area contributed by atoms with Crippen molar-refractivity contribution in [2.45, 2.75) is 257 Å². The Morgan fingerprint density at radius 1 is 0.504 bits per heavy atom. The van der Waals surface area contributed by atoms with Crippen LogP contribution in [-0.2, 0) is 84.0 Å². The molecule has 5 saturated carbocycles. The Kier molecular flexibility index (Phi) is 34.4. The van der Waals surface area contributed by atoms with Gasteiger partial charge in [0.25, 0.3) is 0 Å². The normalized spacial score (nSPS) is 17.2. The molecule has 131 heavy (non-hydrogen) atoms. The van der Waals surface area contributed by atoms with Crippen LogP contribution in [0, 0.1) is 5.92 Å². The number of aryl methyl sites for hydroxylation is 1. The summed E-state index contributed by atoms with van der Waals surface area (Å²) < 4.78 is 112. The number of esters is 1. The number of hydrogen-bond acceptors (Lipinski definition) is 29. The Bertz CT molecular complexity index is 5230. The van der Waals surface area contributed by atoms with Gasteiger partial charge in [-0.05, 0) is 205 Å². The van der Waals surface area contributed by atoms with Gasteiger partial charge in [0.1, 0.15) is 41.7 Å². The zero-order chi connectivity index (χ0) is 93.7. The highest BCUT2D eigenvalue weighted by Crippen LogP contribution is 2.42. The lowest BCUT2D eigenvalue weighted by Gasteiger charge is -2.32. The van der Waals surface area contributed by atoms with Crippen molar-refractivity contribution in [2.75, 3.05) is 28.2 Å². The van der Waals surface area contributed by atoms with Crippen LogP contribution in [0.2, 0.25) is 0 Å². The highest BCUT2D eigenvalue weighted by atomic mass is 79.9. The molecule has 16 rings (SSSR count). The third-order valence-electron chi connectivity index (χ3n) is 24.2. The molecule has 1 aliphatic heterocycles. The van der Waals surface area contributed by atoms with Crippen molar-refractivity contribution >= 4 is 74.8 Å². The SMILES string of the molecule is CC(C)OC(=O)[C@H]1CCC[C@H](Oc2ccc(-c3cnn(C)c3COC(=O)N(C)C3CCCC3)nc2C(F)(F)F)C1.CN(C(=O)OCc1ocnc1-c1ccc(B2OC(C)(C)C(C)(C)O2)cn1)C1CCCC1.CN(C(=O)OCc1ocnc1-c1ccc(Br)cn1)C1CCCC1.CN(C(=O)OCc1ocnc1-c1ccc(O)cn1)C1CCCC1.OCc1ocnc1-c1ccc(Br)cn1. The minimum Gasteiger partial charge on any atom is -0.506 e. The van der Waals surface area contributed by atoms with Gasteiger partial charge in [-0.15, -0.1) is 0 Å². The number of amides is 4. The Labute approximate surface area is 774 Å². The maximum atomic E-state index is 14.1. The largest absolute Gasteiger partial charge is 0.506 e.